The zero-order valence-electron chi connectivity index (χ0n) is 16.2. The lowest BCUT2D eigenvalue weighted by atomic mass is 9.85. The molecule has 2 heterocycles. The molecule has 2 saturated heterocycles. The lowest BCUT2D eigenvalue weighted by Gasteiger charge is -2.38. The molecule has 2 aliphatic rings. The van der Waals surface area contributed by atoms with Crippen molar-refractivity contribution in [1.29, 1.82) is 0 Å². The number of likely N-dealkylation sites (tertiary alicyclic amines) is 1. The Morgan fingerprint density at radius 1 is 1.26 bits per heavy atom. The third-order valence-electron chi connectivity index (χ3n) is 5.77. The fraction of sp³-hybridized carbons (Fsp3) is 0.571. The predicted molar refractivity (Wildman–Crippen MR) is 103 cm³/mol. The van der Waals surface area contributed by atoms with Crippen molar-refractivity contribution in [3.05, 3.63) is 35.9 Å². The van der Waals surface area contributed by atoms with Gasteiger partial charge < -0.3 is 15.5 Å². The van der Waals surface area contributed by atoms with Gasteiger partial charge in [0.05, 0.1) is 18.1 Å². The number of carbonyl (C=O) groups is 3. The number of benzene rings is 1. The molecule has 6 heteroatoms. The number of rotatable bonds is 4. The van der Waals surface area contributed by atoms with Crippen LogP contribution in [0.15, 0.2) is 30.3 Å². The molecule has 1 aromatic carbocycles. The minimum absolute atomic E-state index is 0.00114. The number of fused-ring (bicyclic) bond motifs is 1. The van der Waals surface area contributed by atoms with E-state index in [1.165, 1.54) is 12.5 Å². The van der Waals surface area contributed by atoms with E-state index >= 15 is 0 Å². The van der Waals surface area contributed by atoms with Gasteiger partial charge in [-0.15, -0.1) is 0 Å². The maximum Gasteiger partial charge on any atom is 0.242 e. The molecule has 146 valence electrons. The van der Waals surface area contributed by atoms with Gasteiger partial charge >= 0.3 is 0 Å². The molecular formula is C21H29N3O3. The average Bonchev–Trinajstić information content (AvgIpc) is 2.86. The largest absolute Gasteiger partial charge is 0.349 e. The van der Waals surface area contributed by atoms with Gasteiger partial charge in [-0.05, 0) is 38.2 Å². The maximum absolute atomic E-state index is 13.0. The fourth-order valence-corrected chi connectivity index (χ4v) is 4.61. The molecule has 0 saturated carbocycles. The summed E-state index contributed by atoms with van der Waals surface area (Å²) in [6, 6.07) is 10.1. The molecule has 2 aliphatic heterocycles. The SMILES string of the molecule is CC(=O)NCC(=O)N1[C@H](Cc2ccccc2)C[C@]2(C)NC(=O)CCCC[C@H]12. The molecule has 2 N–H and O–H groups in total. The summed E-state index contributed by atoms with van der Waals surface area (Å²) in [5.74, 6) is -0.220. The average molecular weight is 371 g/mol. The van der Waals surface area contributed by atoms with Crippen molar-refractivity contribution in [3.63, 3.8) is 0 Å². The van der Waals surface area contributed by atoms with Crippen LogP contribution in [0, 0.1) is 0 Å². The standard InChI is InChI=1S/C21H29N3O3/c1-15(25)22-14-20(27)24-17(12-16-8-4-3-5-9-16)13-21(2)18(24)10-6-7-11-19(26)23-21/h3-5,8-9,17-18H,6-7,10-14H2,1-2H3,(H,22,25)(H,23,26)/t17-,18+,21+/m1/s1. The van der Waals surface area contributed by atoms with Gasteiger partial charge in [0.25, 0.3) is 0 Å². The molecule has 0 aliphatic carbocycles. The number of hydrogen-bond donors (Lipinski definition) is 2. The molecule has 0 spiro atoms. The van der Waals surface area contributed by atoms with Gasteiger partial charge in [0, 0.05) is 19.4 Å². The van der Waals surface area contributed by atoms with E-state index in [-0.39, 0.29) is 36.3 Å². The van der Waals surface area contributed by atoms with E-state index in [1.807, 2.05) is 23.1 Å². The maximum atomic E-state index is 13.0. The molecule has 0 bridgehead atoms. The highest BCUT2D eigenvalue weighted by molar-refractivity contribution is 5.85. The molecule has 2 fully saturated rings. The quantitative estimate of drug-likeness (QED) is 0.847. The highest BCUT2D eigenvalue weighted by Gasteiger charge is 2.51. The lowest BCUT2D eigenvalue weighted by Crippen LogP contribution is -2.57. The summed E-state index contributed by atoms with van der Waals surface area (Å²) in [6.45, 7) is 3.48. The first-order valence-electron chi connectivity index (χ1n) is 9.79. The number of amides is 3. The topological polar surface area (TPSA) is 78.5 Å². The minimum Gasteiger partial charge on any atom is -0.349 e. The van der Waals surface area contributed by atoms with Crippen LogP contribution in [0.3, 0.4) is 0 Å². The summed E-state index contributed by atoms with van der Waals surface area (Å²) in [7, 11) is 0. The van der Waals surface area contributed by atoms with Crippen LogP contribution in [-0.4, -0.2) is 46.8 Å². The number of hydrogen-bond acceptors (Lipinski definition) is 3. The van der Waals surface area contributed by atoms with Crippen molar-refractivity contribution < 1.29 is 14.4 Å². The predicted octanol–water partition coefficient (Wildman–Crippen LogP) is 1.78. The van der Waals surface area contributed by atoms with Gasteiger partial charge in [-0.2, -0.15) is 0 Å². The Hall–Kier alpha value is -2.37. The van der Waals surface area contributed by atoms with E-state index in [0.29, 0.717) is 6.42 Å². The van der Waals surface area contributed by atoms with Crippen LogP contribution in [0.5, 0.6) is 0 Å². The summed E-state index contributed by atoms with van der Waals surface area (Å²) >= 11 is 0. The zero-order chi connectivity index (χ0) is 19.4. The first-order valence-corrected chi connectivity index (χ1v) is 9.79. The smallest absolute Gasteiger partial charge is 0.242 e. The van der Waals surface area contributed by atoms with Gasteiger partial charge in [0.2, 0.25) is 17.7 Å². The molecule has 3 amide bonds. The van der Waals surface area contributed by atoms with Crippen molar-refractivity contribution in [2.45, 2.75) is 70.0 Å². The summed E-state index contributed by atoms with van der Waals surface area (Å²) in [6.07, 6.45) is 4.66. The Morgan fingerprint density at radius 2 is 2.00 bits per heavy atom. The Kier molecular flexibility index (Phi) is 5.82. The van der Waals surface area contributed by atoms with Gasteiger partial charge in [-0.25, -0.2) is 0 Å². The molecule has 0 aromatic heterocycles. The van der Waals surface area contributed by atoms with Crippen molar-refractivity contribution >= 4 is 17.7 Å². The molecule has 1 aromatic rings. The van der Waals surface area contributed by atoms with E-state index in [1.54, 1.807) is 0 Å². The second-order valence-corrected chi connectivity index (χ2v) is 7.99. The van der Waals surface area contributed by atoms with Crippen molar-refractivity contribution in [3.8, 4) is 0 Å². The lowest BCUT2D eigenvalue weighted by molar-refractivity contribution is -0.136. The molecule has 6 nitrogen and oxygen atoms in total. The first-order chi connectivity index (χ1) is 12.9. The molecular weight excluding hydrogens is 342 g/mol. The first kappa shape index (κ1) is 19.4. The molecule has 0 unspecified atom stereocenters. The second-order valence-electron chi connectivity index (χ2n) is 7.99. The highest BCUT2D eigenvalue weighted by atomic mass is 16.2. The zero-order valence-corrected chi connectivity index (χ0v) is 16.2. The monoisotopic (exact) mass is 371 g/mol. The number of nitrogens with one attached hydrogen (secondary N) is 2. The molecule has 0 radical (unpaired) electrons. The van der Waals surface area contributed by atoms with Crippen LogP contribution >= 0.6 is 0 Å². The van der Waals surface area contributed by atoms with Crippen LogP contribution in [0.25, 0.3) is 0 Å². The second kappa shape index (κ2) is 8.11. The van der Waals surface area contributed by atoms with Crippen LogP contribution in [-0.2, 0) is 20.8 Å². The Labute approximate surface area is 160 Å². The van der Waals surface area contributed by atoms with E-state index in [4.69, 9.17) is 0 Å². The summed E-state index contributed by atoms with van der Waals surface area (Å²) in [5.41, 5.74) is 0.743. The number of nitrogens with zero attached hydrogens (tertiary/aromatic N) is 1. The van der Waals surface area contributed by atoms with Crippen LogP contribution < -0.4 is 10.6 Å². The van der Waals surface area contributed by atoms with E-state index in [2.05, 4.69) is 29.7 Å². The normalized spacial score (nSPS) is 27.9. The number of carbonyl (C=O) groups excluding carboxylic acids is 3. The molecule has 3 rings (SSSR count). The van der Waals surface area contributed by atoms with Gasteiger partial charge in [-0.1, -0.05) is 36.8 Å². The van der Waals surface area contributed by atoms with E-state index < -0.39 is 5.54 Å². The van der Waals surface area contributed by atoms with Crippen molar-refractivity contribution in [2.75, 3.05) is 6.54 Å². The highest BCUT2D eigenvalue weighted by Crippen LogP contribution is 2.39. The third-order valence-corrected chi connectivity index (χ3v) is 5.77. The van der Waals surface area contributed by atoms with Gasteiger partial charge in [-0.3, -0.25) is 14.4 Å². The molecule has 3 atom stereocenters. The Morgan fingerprint density at radius 3 is 2.70 bits per heavy atom. The van der Waals surface area contributed by atoms with Crippen LogP contribution in [0.1, 0.15) is 51.5 Å². The minimum atomic E-state index is -0.428. The van der Waals surface area contributed by atoms with Crippen molar-refractivity contribution in [2.24, 2.45) is 0 Å². The van der Waals surface area contributed by atoms with Crippen LogP contribution in [0.2, 0.25) is 0 Å². The van der Waals surface area contributed by atoms with Gasteiger partial charge in [0.15, 0.2) is 0 Å². The Balaban J connectivity index is 1.87. The fourth-order valence-electron chi connectivity index (χ4n) is 4.61. The van der Waals surface area contributed by atoms with E-state index in [0.717, 1.165) is 32.1 Å². The van der Waals surface area contributed by atoms with E-state index in [9.17, 15) is 14.4 Å². The summed E-state index contributed by atoms with van der Waals surface area (Å²) in [5, 5.41) is 5.84. The summed E-state index contributed by atoms with van der Waals surface area (Å²) < 4.78 is 0. The van der Waals surface area contributed by atoms with Gasteiger partial charge in [0.1, 0.15) is 0 Å². The summed E-state index contributed by atoms with van der Waals surface area (Å²) in [4.78, 5) is 38.5. The molecule has 27 heavy (non-hydrogen) atoms. The third kappa shape index (κ3) is 4.49. The van der Waals surface area contributed by atoms with Crippen molar-refractivity contribution in [1.82, 2.24) is 15.5 Å². The van der Waals surface area contributed by atoms with Crippen LogP contribution in [0.4, 0.5) is 0 Å². The Bertz CT molecular complexity index is 706.